The molecule has 0 amide bonds. The summed E-state index contributed by atoms with van der Waals surface area (Å²) < 4.78 is 29.4. The van der Waals surface area contributed by atoms with Crippen LogP contribution in [-0.4, -0.2) is 79.3 Å². The zero-order chi connectivity index (χ0) is 38.8. The van der Waals surface area contributed by atoms with Crippen molar-refractivity contribution < 1.29 is 42.4 Å². The molecule has 308 valence electrons. The summed E-state index contributed by atoms with van der Waals surface area (Å²) in [4.78, 5) is 36.5. The van der Waals surface area contributed by atoms with Crippen LogP contribution in [-0.2, 0) is 27.9 Å². The molecule has 0 aromatic rings. The van der Waals surface area contributed by atoms with Gasteiger partial charge in [0.2, 0.25) is 0 Å². The molecule has 0 rings (SSSR count). The number of rotatable bonds is 39. The van der Waals surface area contributed by atoms with Gasteiger partial charge in [0.05, 0.1) is 27.7 Å². The van der Waals surface area contributed by atoms with Gasteiger partial charge in [-0.2, -0.15) is 0 Å². The van der Waals surface area contributed by atoms with Crippen LogP contribution in [0.5, 0.6) is 0 Å². The van der Waals surface area contributed by atoms with E-state index < -0.39 is 38.4 Å². The lowest BCUT2D eigenvalue weighted by molar-refractivity contribution is -0.870. The highest BCUT2D eigenvalue weighted by Gasteiger charge is 2.38. The highest BCUT2D eigenvalue weighted by molar-refractivity contribution is 7.47. The number of aliphatic hydroxyl groups excluding tert-OH is 1. The number of hydrogen-bond donors (Lipinski definition) is 2. The first-order valence-corrected chi connectivity index (χ1v) is 22.9. The van der Waals surface area contributed by atoms with Crippen molar-refractivity contribution >= 4 is 19.6 Å². The fraction of sp³-hybridized carbons (Fsp3) is 0.905. The number of carbonyl (C=O) groups excluding carboxylic acids is 2. The van der Waals surface area contributed by atoms with Gasteiger partial charge in [-0.05, 0) is 38.5 Å². The van der Waals surface area contributed by atoms with E-state index in [4.69, 9.17) is 13.8 Å². The number of ketones is 1. The molecule has 3 atom stereocenters. The second kappa shape index (κ2) is 34.4. The van der Waals surface area contributed by atoms with E-state index in [0.717, 1.165) is 57.8 Å². The smallest absolute Gasteiger partial charge is 0.457 e. The number of likely N-dealkylation sites (N-methyl/N-ethyl adjacent to an activating group) is 1. The molecule has 0 saturated carbocycles. The molecule has 0 aromatic heterocycles. The number of hydrogen-bond acceptors (Lipinski definition) is 7. The Balaban J connectivity index is 4.67. The van der Waals surface area contributed by atoms with E-state index in [-0.39, 0.29) is 19.4 Å². The molecule has 0 saturated heterocycles. The summed E-state index contributed by atoms with van der Waals surface area (Å²) in [6.45, 7) is 4.17. The number of phosphoric acid groups is 1. The van der Waals surface area contributed by atoms with Crippen molar-refractivity contribution in [3.8, 4) is 0 Å². The molecule has 52 heavy (non-hydrogen) atoms. The molecular weight excluding hydrogens is 677 g/mol. The van der Waals surface area contributed by atoms with E-state index in [9.17, 15) is 24.2 Å². The normalized spacial score (nSPS) is 14.4. The van der Waals surface area contributed by atoms with Gasteiger partial charge in [-0.15, -0.1) is 0 Å². The maximum absolute atomic E-state index is 13.3. The van der Waals surface area contributed by atoms with Crippen molar-refractivity contribution in [3.05, 3.63) is 12.2 Å². The first kappa shape index (κ1) is 50.9. The molecule has 2 unspecified atom stereocenters. The van der Waals surface area contributed by atoms with E-state index in [2.05, 4.69) is 26.0 Å². The first-order valence-electron chi connectivity index (χ1n) is 21.4. The molecule has 2 N–H and O–H groups in total. The number of unbranched alkanes of at least 4 members (excludes halogenated alkanes) is 23. The van der Waals surface area contributed by atoms with Crippen molar-refractivity contribution in [2.75, 3.05) is 40.9 Å². The van der Waals surface area contributed by atoms with Crippen LogP contribution in [0.4, 0.5) is 0 Å². The zero-order valence-corrected chi connectivity index (χ0v) is 35.4. The van der Waals surface area contributed by atoms with Gasteiger partial charge in [-0.25, -0.2) is 4.57 Å². The van der Waals surface area contributed by atoms with Crippen molar-refractivity contribution in [1.29, 1.82) is 0 Å². The monoisotopic (exact) mass is 761 g/mol. The summed E-state index contributed by atoms with van der Waals surface area (Å²) in [5.41, 5.74) is 0. The van der Waals surface area contributed by atoms with Crippen LogP contribution in [0.15, 0.2) is 12.2 Å². The molecule has 0 aliphatic carbocycles. The Morgan fingerprint density at radius 1 is 0.635 bits per heavy atom. The maximum atomic E-state index is 13.3. The molecule has 0 fully saturated rings. The van der Waals surface area contributed by atoms with Crippen LogP contribution in [0.3, 0.4) is 0 Å². The van der Waals surface area contributed by atoms with Crippen LogP contribution in [0.1, 0.15) is 194 Å². The van der Waals surface area contributed by atoms with Crippen LogP contribution in [0.2, 0.25) is 0 Å². The molecule has 0 aliphatic rings. The van der Waals surface area contributed by atoms with Gasteiger partial charge in [0, 0.05) is 12.8 Å². The fourth-order valence-corrected chi connectivity index (χ4v) is 7.07. The molecule has 10 heteroatoms. The standard InChI is InChI=1S/C42H82NO8P/c1-6-8-10-12-14-16-18-20-21-23-24-26-28-30-32-34-39(45)42(51-52(47,48)49-37-36-43(3,4)5)40(38-44)50-41(46)35-33-31-29-27-25-22-19-17-15-13-11-9-7-2/h20-21,40,42,44H,6-19,22-38H2,1-5H3/p+1/b21-20-/t40-,42?/m0/s1. The molecule has 0 bridgehead atoms. The number of Topliss-reactive ketones (excluding diaryl/α,β-unsaturated/α-hetero) is 1. The Labute approximate surface area is 320 Å². The summed E-state index contributed by atoms with van der Waals surface area (Å²) in [6.07, 6.45) is 32.0. The molecule has 9 nitrogen and oxygen atoms in total. The second-order valence-electron chi connectivity index (χ2n) is 15.8. The van der Waals surface area contributed by atoms with Crippen molar-refractivity contribution in [3.63, 3.8) is 0 Å². The van der Waals surface area contributed by atoms with Crippen molar-refractivity contribution in [1.82, 2.24) is 0 Å². The third kappa shape index (κ3) is 33.5. The number of carbonyl (C=O) groups is 2. The van der Waals surface area contributed by atoms with E-state index in [1.807, 2.05) is 21.1 Å². The molecule has 0 heterocycles. The number of allylic oxidation sites excluding steroid dienone is 2. The van der Waals surface area contributed by atoms with Gasteiger partial charge in [0.1, 0.15) is 13.2 Å². The van der Waals surface area contributed by atoms with Gasteiger partial charge >= 0.3 is 13.8 Å². The zero-order valence-electron chi connectivity index (χ0n) is 34.5. The summed E-state index contributed by atoms with van der Waals surface area (Å²) in [7, 11) is 1.10. The van der Waals surface area contributed by atoms with E-state index in [0.29, 0.717) is 23.9 Å². The molecular formula is C42H83NO8P+. The molecule has 0 aromatic carbocycles. The minimum absolute atomic E-state index is 0.0605. The number of esters is 1. The Kier molecular flexibility index (Phi) is 33.7. The number of nitrogens with zero attached hydrogens (tertiary/aromatic N) is 1. The van der Waals surface area contributed by atoms with Crippen LogP contribution >= 0.6 is 7.82 Å². The van der Waals surface area contributed by atoms with Gasteiger partial charge in [-0.1, -0.05) is 154 Å². The molecule has 0 spiro atoms. The van der Waals surface area contributed by atoms with Crippen LogP contribution in [0.25, 0.3) is 0 Å². The Morgan fingerprint density at radius 3 is 1.46 bits per heavy atom. The molecule has 0 aliphatic heterocycles. The van der Waals surface area contributed by atoms with E-state index >= 15 is 0 Å². The lowest BCUT2D eigenvalue weighted by Crippen LogP contribution is -2.42. The summed E-state index contributed by atoms with van der Waals surface area (Å²) in [5.74, 6) is -1.03. The quantitative estimate of drug-likeness (QED) is 0.0209. The lowest BCUT2D eigenvalue weighted by Gasteiger charge is -2.27. The van der Waals surface area contributed by atoms with Gasteiger partial charge in [0.15, 0.2) is 18.0 Å². The number of aliphatic hydroxyl groups is 1. The van der Waals surface area contributed by atoms with Gasteiger partial charge in [-0.3, -0.25) is 18.6 Å². The van der Waals surface area contributed by atoms with Crippen molar-refractivity contribution in [2.45, 2.75) is 206 Å². The van der Waals surface area contributed by atoms with E-state index in [1.54, 1.807) is 0 Å². The van der Waals surface area contributed by atoms with Gasteiger partial charge < -0.3 is 19.2 Å². The summed E-state index contributed by atoms with van der Waals surface area (Å²) >= 11 is 0. The predicted octanol–water partition coefficient (Wildman–Crippen LogP) is 11.2. The first-order chi connectivity index (χ1) is 25.0. The summed E-state index contributed by atoms with van der Waals surface area (Å²) in [6, 6.07) is 0. The second-order valence-corrected chi connectivity index (χ2v) is 17.3. The topological polar surface area (TPSA) is 119 Å². The minimum Gasteiger partial charge on any atom is -0.457 e. The van der Waals surface area contributed by atoms with Crippen LogP contribution in [0, 0.1) is 0 Å². The van der Waals surface area contributed by atoms with Gasteiger partial charge in [0.25, 0.3) is 0 Å². The highest BCUT2D eigenvalue weighted by Crippen LogP contribution is 2.45. The third-order valence-corrected chi connectivity index (χ3v) is 10.6. The number of quaternary nitrogens is 1. The van der Waals surface area contributed by atoms with Crippen LogP contribution < -0.4 is 0 Å². The van der Waals surface area contributed by atoms with E-state index in [1.165, 1.54) is 96.3 Å². The predicted molar refractivity (Wildman–Crippen MR) is 215 cm³/mol. The molecule has 0 radical (unpaired) electrons. The Hall–Kier alpha value is -1.09. The average molecular weight is 761 g/mol. The number of ether oxygens (including phenoxy) is 1. The Morgan fingerprint density at radius 2 is 1.04 bits per heavy atom. The third-order valence-electron chi connectivity index (χ3n) is 9.55. The minimum atomic E-state index is -4.66. The maximum Gasteiger partial charge on any atom is 0.473 e. The average Bonchev–Trinajstić information content (AvgIpc) is 3.09. The van der Waals surface area contributed by atoms with Crippen molar-refractivity contribution in [2.24, 2.45) is 0 Å². The SMILES string of the molecule is CCCCCCCC/C=C\CCCCCCCC(=O)C(OP(=O)(O)OCC[N+](C)(C)C)[C@H](CO)OC(=O)CCCCCCCCCCCCCCC. The lowest BCUT2D eigenvalue weighted by atomic mass is 10.0. The Bertz CT molecular complexity index is 922. The largest absolute Gasteiger partial charge is 0.473 e. The highest BCUT2D eigenvalue weighted by atomic mass is 31.2. The summed E-state index contributed by atoms with van der Waals surface area (Å²) in [5, 5.41) is 10.1. The number of phosphoric ester groups is 1. The fourth-order valence-electron chi connectivity index (χ4n) is 6.16.